The molecular formula is C12H17O9P. The van der Waals surface area contributed by atoms with Crippen molar-refractivity contribution in [1.82, 2.24) is 0 Å². The van der Waals surface area contributed by atoms with Gasteiger partial charge in [0.15, 0.2) is 0 Å². The monoisotopic (exact) mass is 336 g/mol. The predicted molar refractivity (Wildman–Crippen MR) is 71.7 cm³/mol. The lowest BCUT2D eigenvalue weighted by atomic mass is 9.99. The molecule has 2 rings (SSSR count). The summed E-state index contributed by atoms with van der Waals surface area (Å²) in [4.78, 5) is 17.3. The highest BCUT2D eigenvalue weighted by Gasteiger charge is 2.45. The summed E-state index contributed by atoms with van der Waals surface area (Å²) in [5, 5.41) is 29.4. The van der Waals surface area contributed by atoms with Gasteiger partial charge >= 0.3 is 7.82 Å². The third-order valence-electron chi connectivity index (χ3n) is 3.07. The molecule has 1 aliphatic rings. The summed E-state index contributed by atoms with van der Waals surface area (Å²) in [6, 6.07) is 8.30. The van der Waals surface area contributed by atoms with Crippen LogP contribution < -0.4 is 4.74 Å². The number of benzene rings is 1. The molecule has 1 aromatic carbocycles. The van der Waals surface area contributed by atoms with Crippen LogP contribution in [0.4, 0.5) is 0 Å². The second-order valence-corrected chi connectivity index (χ2v) is 5.97. The molecule has 0 spiro atoms. The van der Waals surface area contributed by atoms with Gasteiger partial charge in [0.25, 0.3) is 0 Å². The van der Waals surface area contributed by atoms with Crippen molar-refractivity contribution < 1.29 is 43.7 Å². The Balaban J connectivity index is 2.05. The molecule has 1 aromatic rings. The van der Waals surface area contributed by atoms with Crippen molar-refractivity contribution in [2.75, 3.05) is 6.61 Å². The smallest absolute Gasteiger partial charge is 0.462 e. The number of phosphoric ester groups is 1. The summed E-state index contributed by atoms with van der Waals surface area (Å²) >= 11 is 0. The third-order valence-corrected chi connectivity index (χ3v) is 3.56. The van der Waals surface area contributed by atoms with E-state index in [9.17, 15) is 19.9 Å². The fraction of sp³-hybridized carbons (Fsp3) is 0.500. The zero-order valence-corrected chi connectivity index (χ0v) is 12.2. The van der Waals surface area contributed by atoms with Crippen LogP contribution in [0, 0.1) is 0 Å². The van der Waals surface area contributed by atoms with Gasteiger partial charge in [-0.25, -0.2) is 4.57 Å². The quantitative estimate of drug-likeness (QED) is 0.426. The minimum absolute atomic E-state index is 0.352. The number of aliphatic hydroxyl groups excluding tert-OH is 3. The average molecular weight is 336 g/mol. The molecule has 10 heteroatoms. The van der Waals surface area contributed by atoms with E-state index in [-0.39, 0.29) is 0 Å². The minimum Gasteiger partial charge on any atom is -0.462 e. The zero-order valence-electron chi connectivity index (χ0n) is 11.3. The van der Waals surface area contributed by atoms with Crippen molar-refractivity contribution in [3.05, 3.63) is 30.3 Å². The van der Waals surface area contributed by atoms with E-state index in [4.69, 9.17) is 19.3 Å². The van der Waals surface area contributed by atoms with Crippen molar-refractivity contribution >= 4 is 7.82 Å². The van der Waals surface area contributed by atoms with Gasteiger partial charge in [0, 0.05) is 0 Å². The molecule has 1 unspecified atom stereocenters. The van der Waals surface area contributed by atoms with Gasteiger partial charge < -0.3 is 34.6 Å². The zero-order chi connectivity index (χ0) is 16.3. The molecule has 5 N–H and O–H groups in total. The summed E-state index contributed by atoms with van der Waals surface area (Å²) < 4.78 is 25.5. The highest BCUT2D eigenvalue weighted by atomic mass is 31.2. The van der Waals surface area contributed by atoms with E-state index in [1.54, 1.807) is 30.3 Å². The lowest BCUT2D eigenvalue weighted by Crippen LogP contribution is -2.60. The Morgan fingerprint density at radius 2 is 1.68 bits per heavy atom. The van der Waals surface area contributed by atoms with E-state index in [2.05, 4.69) is 4.52 Å². The average Bonchev–Trinajstić information content (AvgIpc) is 2.47. The lowest BCUT2D eigenvalue weighted by Gasteiger charge is -2.40. The second kappa shape index (κ2) is 7.03. The van der Waals surface area contributed by atoms with Gasteiger partial charge in [-0.05, 0) is 12.1 Å². The number of ether oxygens (including phenoxy) is 2. The minimum atomic E-state index is -4.76. The Bertz CT molecular complexity index is 519. The van der Waals surface area contributed by atoms with E-state index in [1.165, 1.54) is 0 Å². The molecule has 1 aliphatic heterocycles. The molecule has 0 bridgehead atoms. The fourth-order valence-electron chi connectivity index (χ4n) is 1.96. The summed E-state index contributed by atoms with van der Waals surface area (Å²) in [6.07, 6.45) is -7.35. The Hall–Kier alpha value is -1.03. The van der Waals surface area contributed by atoms with Gasteiger partial charge in [0.05, 0.1) is 6.61 Å². The van der Waals surface area contributed by atoms with Crippen molar-refractivity contribution in [1.29, 1.82) is 0 Å². The number of aliphatic hydroxyl groups is 3. The summed E-state index contributed by atoms with van der Waals surface area (Å²) in [5.74, 6) is 0.352. The Kier molecular flexibility index (Phi) is 5.54. The molecule has 0 aliphatic carbocycles. The van der Waals surface area contributed by atoms with Crippen LogP contribution >= 0.6 is 7.82 Å². The highest BCUT2D eigenvalue weighted by molar-refractivity contribution is 7.46. The first kappa shape index (κ1) is 17.3. The van der Waals surface area contributed by atoms with Gasteiger partial charge in [-0.15, -0.1) is 0 Å². The van der Waals surface area contributed by atoms with Crippen LogP contribution in [0.2, 0.25) is 0 Å². The summed E-state index contributed by atoms with van der Waals surface area (Å²) in [5.41, 5.74) is 0. The molecule has 1 heterocycles. The molecule has 5 atom stereocenters. The fourth-order valence-corrected chi connectivity index (χ4v) is 2.30. The Labute approximate surface area is 125 Å². The lowest BCUT2D eigenvalue weighted by molar-refractivity contribution is -0.276. The number of phosphoric acid groups is 1. The normalized spacial score (nSPS) is 32.7. The molecule has 9 nitrogen and oxygen atoms in total. The molecule has 124 valence electrons. The van der Waals surface area contributed by atoms with E-state index in [1.807, 2.05) is 0 Å². The molecular weight excluding hydrogens is 319 g/mol. The highest BCUT2D eigenvalue weighted by Crippen LogP contribution is 2.37. The maximum absolute atomic E-state index is 10.7. The van der Waals surface area contributed by atoms with Crippen LogP contribution in [0.5, 0.6) is 5.75 Å². The van der Waals surface area contributed by atoms with Gasteiger partial charge in [-0.2, -0.15) is 0 Å². The molecule has 0 saturated carbocycles. The van der Waals surface area contributed by atoms with Crippen LogP contribution in [0.25, 0.3) is 0 Å². The first-order valence-corrected chi connectivity index (χ1v) is 7.92. The maximum atomic E-state index is 10.7. The molecule has 1 fully saturated rings. The van der Waals surface area contributed by atoms with Crippen LogP contribution in [-0.4, -0.2) is 62.4 Å². The topological polar surface area (TPSA) is 146 Å². The van der Waals surface area contributed by atoms with E-state index in [0.717, 1.165) is 0 Å². The predicted octanol–water partition coefficient (Wildman–Crippen LogP) is -1.02. The van der Waals surface area contributed by atoms with Gasteiger partial charge in [-0.3, -0.25) is 4.52 Å². The van der Waals surface area contributed by atoms with Crippen LogP contribution in [0.15, 0.2) is 30.3 Å². The van der Waals surface area contributed by atoms with Crippen molar-refractivity contribution in [3.8, 4) is 5.75 Å². The third kappa shape index (κ3) is 4.48. The van der Waals surface area contributed by atoms with Crippen LogP contribution in [0.3, 0.4) is 0 Å². The van der Waals surface area contributed by atoms with Crippen molar-refractivity contribution in [2.45, 2.75) is 30.7 Å². The second-order valence-electron chi connectivity index (χ2n) is 4.73. The van der Waals surface area contributed by atoms with E-state index < -0.39 is 45.1 Å². The van der Waals surface area contributed by atoms with Gasteiger partial charge in [0.1, 0.15) is 30.2 Å². The molecule has 1 saturated heterocycles. The summed E-state index contributed by atoms with van der Waals surface area (Å²) in [7, 11) is -4.76. The summed E-state index contributed by atoms with van der Waals surface area (Å²) in [6.45, 7) is -0.677. The first-order valence-electron chi connectivity index (χ1n) is 6.39. The Morgan fingerprint density at radius 3 is 2.27 bits per heavy atom. The van der Waals surface area contributed by atoms with Gasteiger partial charge in [0.2, 0.25) is 6.29 Å². The number of rotatable bonds is 5. The SMILES string of the molecule is O=P(O)(O)OC[C@H]1OC(Oc2ccccc2)[C@@H](O)[C@@H](O)[C@@H]1O. The molecule has 22 heavy (non-hydrogen) atoms. The molecule has 0 radical (unpaired) electrons. The number of hydrogen-bond donors (Lipinski definition) is 5. The number of para-hydroxylation sites is 1. The number of hydrogen-bond acceptors (Lipinski definition) is 7. The maximum Gasteiger partial charge on any atom is 0.469 e. The molecule has 0 aromatic heterocycles. The van der Waals surface area contributed by atoms with Crippen LogP contribution in [-0.2, 0) is 13.8 Å². The van der Waals surface area contributed by atoms with Crippen molar-refractivity contribution in [3.63, 3.8) is 0 Å². The van der Waals surface area contributed by atoms with E-state index in [0.29, 0.717) is 5.75 Å². The van der Waals surface area contributed by atoms with Crippen LogP contribution in [0.1, 0.15) is 0 Å². The standard InChI is InChI=1S/C12H17O9P/c13-9-8(6-19-22(16,17)18)21-12(11(15)10(9)14)20-7-4-2-1-3-5-7/h1-5,8-15H,6H2,(H2,16,17,18)/t8-,9-,10+,11+,12?/m1/s1. The first-order chi connectivity index (χ1) is 10.3. The largest absolute Gasteiger partial charge is 0.469 e. The Morgan fingerprint density at radius 1 is 1.05 bits per heavy atom. The van der Waals surface area contributed by atoms with E-state index >= 15 is 0 Å². The van der Waals surface area contributed by atoms with Gasteiger partial charge in [-0.1, -0.05) is 18.2 Å². The molecule has 0 amide bonds. The van der Waals surface area contributed by atoms with Crippen molar-refractivity contribution in [2.24, 2.45) is 0 Å².